The van der Waals surface area contributed by atoms with E-state index in [1.807, 2.05) is 22.5 Å². The number of nitrogens with one attached hydrogen (secondary N) is 1. The van der Waals surface area contributed by atoms with Gasteiger partial charge in [0, 0.05) is 11.3 Å². The zero-order chi connectivity index (χ0) is 12.1. The second kappa shape index (κ2) is 6.03. The first-order valence-corrected chi connectivity index (χ1v) is 5.82. The Hall–Kier alpha value is -0.850. The number of carbonyl (C=O) groups is 1. The molecule has 0 amide bonds. The molecule has 0 saturated carbocycles. The van der Waals surface area contributed by atoms with Crippen LogP contribution in [0.3, 0.4) is 0 Å². The molecule has 1 aromatic carbocycles. The van der Waals surface area contributed by atoms with E-state index in [1.54, 1.807) is 13.2 Å². The van der Waals surface area contributed by atoms with Crippen LogP contribution in [-0.4, -0.2) is 13.1 Å². The minimum atomic E-state index is -0.424. The highest BCUT2D eigenvalue weighted by Crippen LogP contribution is 2.32. The summed E-state index contributed by atoms with van der Waals surface area (Å²) in [6.45, 7) is 2.00. The lowest BCUT2D eigenvalue weighted by molar-refractivity contribution is 0.0762. The Kier molecular flexibility index (Phi) is 4.98. The summed E-state index contributed by atoms with van der Waals surface area (Å²) in [6.07, 6.45) is 0.762. The second-order valence-corrected chi connectivity index (χ2v) is 3.60. The molecule has 0 aliphatic heterocycles. The van der Waals surface area contributed by atoms with Gasteiger partial charge in [-0.25, -0.2) is 4.79 Å². The normalized spacial score (nSPS) is 9.75. The van der Waals surface area contributed by atoms with Crippen molar-refractivity contribution in [1.82, 2.24) is 0 Å². The van der Waals surface area contributed by atoms with Gasteiger partial charge >= 0.3 is 5.97 Å². The van der Waals surface area contributed by atoms with Gasteiger partial charge in [0.25, 0.3) is 0 Å². The number of hydrogen-bond donors (Lipinski definition) is 1. The number of hydrogen-bond acceptors (Lipinski definition) is 4. The first-order valence-electron chi connectivity index (χ1n) is 4.77. The standard InChI is InChI=1S/C10H15NO3P2/c1-3-6-8(11-15)5-4-7(9(6)13-2)10(12)14-16/h4-5,11H,3,15-16H2,1-2H3. The van der Waals surface area contributed by atoms with Crippen LogP contribution in [0, 0.1) is 0 Å². The summed E-state index contributed by atoms with van der Waals surface area (Å²) < 4.78 is 9.90. The minimum absolute atomic E-state index is 0.424. The molecular weight excluding hydrogens is 244 g/mol. The third-order valence-electron chi connectivity index (χ3n) is 2.30. The van der Waals surface area contributed by atoms with E-state index < -0.39 is 5.97 Å². The molecule has 1 rings (SSSR count). The van der Waals surface area contributed by atoms with Crippen molar-refractivity contribution in [2.24, 2.45) is 0 Å². The molecule has 0 bridgehead atoms. The lowest BCUT2D eigenvalue weighted by Gasteiger charge is -2.15. The Morgan fingerprint density at radius 3 is 2.62 bits per heavy atom. The van der Waals surface area contributed by atoms with Gasteiger partial charge in [0.2, 0.25) is 0 Å². The van der Waals surface area contributed by atoms with Gasteiger partial charge in [-0.1, -0.05) is 6.92 Å². The summed E-state index contributed by atoms with van der Waals surface area (Å²) in [5.74, 6) is 0.134. The maximum atomic E-state index is 11.5. The molecule has 0 heterocycles. The van der Waals surface area contributed by atoms with Crippen molar-refractivity contribution in [2.45, 2.75) is 13.3 Å². The topological polar surface area (TPSA) is 47.6 Å². The molecule has 0 aromatic heterocycles. The summed E-state index contributed by atoms with van der Waals surface area (Å²) in [7, 11) is 5.91. The van der Waals surface area contributed by atoms with Crippen molar-refractivity contribution in [3.63, 3.8) is 0 Å². The fourth-order valence-corrected chi connectivity index (χ4v) is 1.97. The van der Waals surface area contributed by atoms with Gasteiger partial charge in [-0.2, -0.15) is 0 Å². The fourth-order valence-electron chi connectivity index (χ4n) is 1.57. The van der Waals surface area contributed by atoms with Crippen LogP contribution in [0.2, 0.25) is 0 Å². The number of methoxy groups -OCH3 is 1. The molecule has 88 valence electrons. The molecule has 0 fully saturated rings. The molecule has 1 N–H and O–H groups in total. The number of benzene rings is 1. The van der Waals surface area contributed by atoms with Crippen LogP contribution >= 0.6 is 18.9 Å². The van der Waals surface area contributed by atoms with Crippen LogP contribution in [0.5, 0.6) is 5.75 Å². The van der Waals surface area contributed by atoms with Gasteiger partial charge in [-0.3, -0.25) is 0 Å². The minimum Gasteiger partial charge on any atom is -0.495 e. The van der Waals surface area contributed by atoms with E-state index in [1.165, 1.54) is 0 Å². The Morgan fingerprint density at radius 1 is 1.50 bits per heavy atom. The number of ether oxygens (including phenoxy) is 1. The van der Waals surface area contributed by atoms with Crippen molar-refractivity contribution in [1.29, 1.82) is 0 Å². The van der Waals surface area contributed by atoms with Gasteiger partial charge in [0.1, 0.15) is 11.3 Å². The highest BCUT2D eigenvalue weighted by molar-refractivity contribution is 7.18. The van der Waals surface area contributed by atoms with Crippen LogP contribution < -0.4 is 9.82 Å². The maximum absolute atomic E-state index is 11.5. The number of carbonyl (C=O) groups excluding carboxylic acids is 1. The SMILES string of the molecule is CCc1c(NP)ccc(C(=O)OP)c1OC. The van der Waals surface area contributed by atoms with E-state index in [0.29, 0.717) is 11.3 Å². The third kappa shape index (κ3) is 2.45. The Bertz CT molecular complexity index is 396. The van der Waals surface area contributed by atoms with Gasteiger partial charge in [-0.05, 0) is 27.9 Å². The van der Waals surface area contributed by atoms with Crippen LogP contribution in [-0.2, 0) is 10.9 Å². The van der Waals surface area contributed by atoms with E-state index in [0.717, 1.165) is 17.7 Å². The summed E-state index contributed by atoms with van der Waals surface area (Å²) in [6, 6.07) is 3.50. The van der Waals surface area contributed by atoms with E-state index >= 15 is 0 Å². The fraction of sp³-hybridized carbons (Fsp3) is 0.300. The molecule has 0 aliphatic carbocycles. The first-order chi connectivity index (χ1) is 7.69. The van der Waals surface area contributed by atoms with Crippen LogP contribution in [0.15, 0.2) is 12.1 Å². The molecular formula is C10H15NO3P2. The summed E-state index contributed by atoms with van der Waals surface area (Å²) in [5.41, 5.74) is 2.30. The molecule has 0 spiro atoms. The third-order valence-corrected chi connectivity index (χ3v) is 2.83. The zero-order valence-corrected chi connectivity index (χ0v) is 11.6. The molecule has 2 unspecified atom stereocenters. The van der Waals surface area contributed by atoms with E-state index in [9.17, 15) is 4.79 Å². The predicted molar refractivity (Wildman–Crippen MR) is 70.8 cm³/mol. The van der Waals surface area contributed by atoms with Crippen LogP contribution in [0.4, 0.5) is 5.69 Å². The highest BCUT2D eigenvalue weighted by Gasteiger charge is 2.17. The van der Waals surface area contributed by atoms with Gasteiger partial charge in [0.15, 0.2) is 0 Å². The van der Waals surface area contributed by atoms with E-state index in [-0.39, 0.29) is 0 Å². The molecule has 6 heteroatoms. The van der Waals surface area contributed by atoms with Crippen LogP contribution in [0.25, 0.3) is 0 Å². The summed E-state index contributed by atoms with van der Waals surface area (Å²) in [5, 5.41) is 2.98. The molecule has 1 aromatic rings. The molecule has 2 atom stereocenters. The highest BCUT2D eigenvalue weighted by atomic mass is 31.0. The molecule has 0 radical (unpaired) electrons. The quantitative estimate of drug-likeness (QED) is 0.843. The van der Waals surface area contributed by atoms with Crippen molar-refractivity contribution < 1.29 is 14.1 Å². The Morgan fingerprint density at radius 2 is 2.19 bits per heavy atom. The van der Waals surface area contributed by atoms with Crippen molar-refractivity contribution >= 4 is 30.5 Å². The number of rotatable bonds is 4. The van der Waals surface area contributed by atoms with Crippen molar-refractivity contribution in [3.8, 4) is 5.75 Å². The summed E-state index contributed by atoms with van der Waals surface area (Å²) >= 11 is 0. The lowest BCUT2D eigenvalue weighted by atomic mass is 10.0. The second-order valence-electron chi connectivity index (χ2n) is 3.08. The molecule has 16 heavy (non-hydrogen) atoms. The Balaban J connectivity index is 3.37. The zero-order valence-electron chi connectivity index (χ0n) is 9.24. The van der Waals surface area contributed by atoms with Crippen molar-refractivity contribution in [3.05, 3.63) is 23.3 Å². The summed E-state index contributed by atoms with van der Waals surface area (Å²) in [4.78, 5) is 11.5. The van der Waals surface area contributed by atoms with Gasteiger partial charge in [0.05, 0.1) is 16.6 Å². The first kappa shape index (κ1) is 13.2. The Labute approximate surface area is 99.6 Å². The molecule has 0 aliphatic rings. The van der Waals surface area contributed by atoms with E-state index in [2.05, 4.69) is 19.0 Å². The predicted octanol–water partition coefficient (Wildman–Crippen LogP) is 2.41. The average Bonchev–Trinajstić information content (AvgIpc) is 2.35. The van der Waals surface area contributed by atoms with Crippen LogP contribution in [0.1, 0.15) is 22.8 Å². The average molecular weight is 259 g/mol. The molecule has 0 saturated heterocycles. The van der Waals surface area contributed by atoms with Gasteiger partial charge in [-0.15, -0.1) is 0 Å². The molecule has 4 nitrogen and oxygen atoms in total. The smallest absolute Gasteiger partial charge is 0.344 e. The monoisotopic (exact) mass is 259 g/mol. The van der Waals surface area contributed by atoms with Gasteiger partial charge < -0.3 is 14.3 Å². The number of anilines is 1. The van der Waals surface area contributed by atoms with E-state index in [4.69, 9.17) is 4.74 Å². The lowest BCUT2D eigenvalue weighted by Crippen LogP contribution is -2.05. The maximum Gasteiger partial charge on any atom is 0.344 e. The van der Waals surface area contributed by atoms with Crippen molar-refractivity contribution in [2.75, 3.05) is 12.2 Å². The largest absolute Gasteiger partial charge is 0.495 e.